The monoisotopic (exact) mass is 427 g/mol. The van der Waals surface area contributed by atoms with E-state index >= 15 is 0 Å². The van der Waals surface area contributed by atoms with Crippen molar-refractivity contribution in [2.24, 2.45) is 0 Å². The third-order valence-corrected chi connectivity index (χ3v) is 5.15. The molecule has 4 rings (SSSR count). The number of fused-ring (bicyclic) bond motifs is 1. The van der Waals surface area contributed by atoms with Crippen LogP contribution in [0.5, 0.6) is 0 Å². The summed E-state index contributed by atoms with van der Waals surface area (Å²) in [6.07, 6.45) is 3.44. The normalized spacial score (nSPS) is 10.8. The molecular weight excluding hydrogens is 402 g/mol. The summed E-state index contributed by atoms with van der Waals surface area (Å²) in [5, 5.41) is 5.65. The van der Waals surface area contributed by atoms with Crippen LogP contribution < -0.4 is 10.6 Å². The summed E-state index contributed by atoms with van der Waals surface area (Å²) in [6, 6.07) is 21.0. The number of imidazole rings is 1. The first kappa shape index (κ1) is 21.2. The van der Waals surface area contributed by atoms with Gasteiger partial charge in [-0.15, -0.1) is 0 Å². The van der Waals surface area contributed by atoms with Gasteiger partial charge in [0.1, 0.15) is 11.3 Å². The van der Waals surface area contributed by atoms with Crippen LogP contribution in [-0.2, 0) is 24.2 Å². The number of rotatable bonds is 8. The molecule has 2 N–H and O–H groups in total. The number of aryl methyl sites for hydroxylation is 2. The molecule has 2 heterocycles. The summed E-state index contributed by atoms with van der Waals surface area (Å²) < 4.78 is 2.08. The first-order valence-electron chi connectivity index (χ1n) is 10.6. The number of nitrogens with zero attached hydrogens (tertiary/aromatic N) is 3. The van der Waals surface area contributed by atoms with E-state index in [0.29, 0.717) is 24.3 Å². The summed E-state index contributed by atoms with van der Waals surface area (Å²) in [4.78, 5) is 32.9. The van der Waals surface area contributed by atoms with Gasteiger partial charge in [-0.2, -0.15) is 0 Å². The number of carbonyl (C=O) groups excluding carboxylic acids is 2. The van der Waals surface area contributed by atoms with Gasteiger partial charge in [-0.1, -0.05) is 30.3 Å². The molecule has 4 aromatic rings. The van der Waals surface area contributed by atoms with Gasteiger partial charge in [-0.25, -0.2) is 9.97 Å². The van der Waals surface area contributed by atoms with Gasteiger partial charge in [-0.05, 0) is 48.4 Å². The number of hydrogen-bond donors (Lipinski definition) is 2. The summed E-state index contributed by atoms with van der Waals surface area (Å²) in [5.41, 5.74) is 4.14. The van der Waals surface area contributed by atoms with Gasteiger partial charge in [0.25, 0.3) is 5.91 Å². The quantitative estimate of drug-likeness (QED) is 0.450. The molecule has 2 amide bonds. The molecular formula is C25H25N5O2. The third kappa shape index (κ3) is 5.18. The van der Waals surface area contributed by atoms with Crippen LogP contribution in [-0.4, -0.2) is 32.9 Å². The highest BCUT2D eigenvalue weighted by molar-refractivity contribution is 5.95. The maximum Gasteiger partial charge on any atom is 0.251 e. The van der Waals surface area contributed by atoms with Crippen LogP contribution in [0.4, 0.5) is 5.69 Å². The van der Waals surface area contributed by atoms with E-state index in [-0.39, 0.29) is 11.8 Å². The van der Waals surface area contributed by atoms with Crippen molar-refractivity contribution in [3.05, 3.63) is 89.9 Å². The van der Waals surface area contributed by atoms with Crippen LogP contribution in [0.15, 0.2) is 72.9 Å². The van der Waals surface area contributed by atoms with Gasteiger partial charge in [-0.3, -0.25) is 9.59 Å². The predicted molar refractivity (Wildman–Crippen MR) is 124 cm³/mol. The highest BCUT2D eigenvalue weighted by atomic mass is 16.2. The zero-order valence-electron chi connectivity index (χ0n) is 17.9. The number of nitrogens with one attached hydrogen (secondary N) is 2. The van der Waals surface area contributed by atoms with E-state index in [2.05, 4.69) is 32.3 Å². The number of benzene rings is 2. The van der Waals surface area contributed by atoms with Gasteiger partial charge >= 0.3 is 0 Å². The van der Waals surface area contributed by atoms with Crippen molar-refractivity contribution in [3.8, 4) is 0 Å². The van der Waals surface area contributed by atoms with Crippen LogP contribution >= 0.6 is 0 Å². The zero-order chi connectivity index (χ0) is 22.3. The fraction of sp³-hybridized carbons (Fsp3) is 0.200. The molecule has 0 aliphatic heterocycles. The van der Waals surface area contributed by atoms with Crippen LogP contribution in [0.3, 0.4) is 0 Å². The SMILES string of the molecule is CC(=O)Nc1ccc(C(=O)NCCn2c(CCc3ccccc3)nc3cccnc32)cc1. The van der Waals surface area contributed by atoms with E-state index in [1.54, 1.807) is 30.5 Å². The Hall–Kier alpha value is -4.00. The first-order chi connectivity index (χ1) is 15.6. The second-order valence-electron chi connectivity index (χ2n) is 7.53. The molecule has 7 nitrogen and oxygen atoms in total. The van der Waals surface area contributed by atoms with E-state index < -0.39 is 0 Å². The molecule has 0 saturated heterocycles. The van der Waals surface area contributed by atoms with Gasteiger partial charge in [0.2, 0.25) is 5.91 Å². The highest BCUT2D eigenvalue weighted by Gasteiger charge is 2.12. The van der Waals surface area contributed by atoms with Crippen molar-refractivity contribution >= 4 is 28.7 Å². The Balaban J connectivity index is 1.42. The average Bonchev–Trinajstić information content (AvgIpc) is 3.16. The van der Waals surface area contributed by atoms with E-state index in [9.17, 15) is 9.59 Å². The lowest BCUT2D eigenvalue weighted by atomic mass is 10.1. The molecule has 0 unspecified atom stereocenters. The minimum Gasteiger partial charge on any atom is -0.350 e. The lowest BCUT2D eigenvalue weighted by Crippen LogP contribution is -2.27. The second-order valence-corrected chi connectivity index (χ2v) is 7.53. The van der Waals surface area contributed by atoms with Gasteiger partial charge in [0.15, 0.2) is 5.65 Å². The molecule has 0 spiro atoms. The molecule has 0 aliphatic rings. The Morgan fingerprint density at radius 3 is 2.47 bits per heavy atom. The standard InChI is InChI=1S/C25H25N5O2/c1-18(31)28-21-12-10-20(11-13-21)25(32)27-16-17-30-23(14-9-19-6-3-2-4-7-19)29-22-8-5-15-26-24(22)30/h2-8,10-13,15H,9,14,16-17H2,1H3,(H,27,32)(H,28,31). The number of carbonyl (C=O) groups is 2. The van der Waals surface area contributed by atoms with E-state index in [1.807, 2.05) is 30.3 Å². The maximum absolute atomic E-state index is 12.5. The summed E-state index contributed by atoms with van der Waals surface area (Å²) in [7, 11) is 0. The number of aromatic nitrogens is 3. The van der Waals surface area contributed by atoms with Crippen molar-refractivity contribution in [1.29, 1.82) is 0 Å². The summed E-state index contributed by atoms with van der Waals surface area (Å²) in [5.74, 6) is 0.644. The highest BCUT2D eigenvalue weighted by Crippen LogP contribution is 2.16. The van der Waals surface area contributed by atoms with Crippen molar-refractivity contribution < 1.29 is 9.59 Å². The molecule has 32 heavy (non-hydrogen) atoms. The van der Waals surface area contributed by atoms with Crippen LogP contribution in [0.25, 0.3) is 11.2 Å². The van der Waals surface area contributed by atoms with E-state index in [0.717, 1.165) is 29.8 Å². The topological polar surface area (TPSA) is 88.9 Å². The predicted octanol–water partition coefficient (Wildman–Crippen LogP) is 3.60. The van der Waals surface area contributed by atoms with E-state index in [1.165, 1.54) is 12.5 Å². The number of anilines is 1. The first-order valence-corrected chi connectivity index (χ1v) is 10.6. The second kappa shape index (κ2) is 9.87. The van der Waals surface area contributed by atoms with Gasteiger partial charge < -0.3 is 15.2 Å². The Labute approximate surface area is 186 Å². The molecule has 0 fully saturated rings. The number of hydrogen-bond acceptors (Lipinski definition) is 4. The lowest BCUT2D eigenvalue weighted by molar-refractivity contribution is -0.114. The van der Waals surface area contributed by atoms with Crippen LogP contribution in [0.1, 0.15) is 28.7 Å². The molecule has 0 aliphatic carbocycles. The maximum atomic E-state index is 12.5. The number of pyridine rings is 1. The Morgan fingerprint density at radius 2 is 1.72 bits per heavy atom. The van der Waals surface area contributed by atoms with Crippen LogP contribution in [0, 0.1) is 0 Å². The summed E-state index contributed by atoms with van der Waals surface area (Å²) >= 11 is 0. The van der Waals surface area contributed by atoms with Crippen molar-refractivity contribution in [2.75, 3.05) is 11.9 Å². The van der Waals surface area contributed by atoms with Gasteiger partial charge in [0.05, 0.1) is 0 Å². The molecule has 2 aromatic carbocycles. The van der Waals surface area contributed by atoms with Crippen molar-refractivity contribution in [2.45, 2.75) is 26.3 Å². The minimum atomic E-state index is -0.164. The number of amides is 2. The minimum absolute atomic E-state index is 0.147. The van der Waals surface area contributed by atoms with Crippen molar-refractivity contribution in [1.82, 2.24) is 19.9 Å². The molecule has 162 valence electrons. The third-order valence-electron chi connectivity index (χ3n) is 5.15. The molecule has 0 atom stereocenters. The fourth-order valence-electron chi connectivity index (χ4n) is 3.62. The summed E-state index contributed by atoms with van der Waals surface area (Å²) in [6.45, 7) is 2.48. The Morgan fingerprint density at radius 1 is 0.938 bits per heavy atom. The average molecular weight is 428 g/mol. The zero-order valence-corrected chi connectivity index (χ0v) is 17.9. The van der Waals surface area contributed by atoms with E-state index in [4.69, 9.17) is 4.98 Å². The molecule has 2 aromatic heterocycles. The van der Waals surface area contributed by atoms with Crippen LogP contribution in [0.2, 0.25) is 0 Å². The Bertz CT molecular complexity index is 1220. The molecule has 0 bridgehead atoms. The molecule has 7 heteroatoms. The smallest absolute Gasteiger partial charge is 0.251 e. The Kier molecular flexibility index (Phi) is 6.55. The fourth-order valence-corrected chi connectivity index (χ4v) is 3.62. The lowest BCUT2D eigenvalue weighted by Gasteiger charge is -2.10. The van der Waals surface area contributed by atoms with Gasteiger partial charge in [0, 0.05) is 43.9 Å². The largest absolute Gasteiger partial charge is 0.350 e. The molecule has 0 radical (unpaired) electrons. The molecule has 0 saturated carbocycles. The van der Waals surface area contributed by atoms with Crippen molar-refractivity contribution in [3.63, 3.8) is 0 Å².